The largest absolute Gasteiger partial charge is 0.285 e. The molecule has 2 rings (SSSR count). The van der Waals surface area contributed by atoms with Gasteiger partial charge >= 0.3 is 0 Å². The van der Waals surface area contributed by atoms with Gasteiger partial charge < -0.3 is 0 Å². The number of hydrogen-bond acceptors (Lipinski definition) is 2. The Hall–Kier alpha value is -1.09. The number of halogens is 1. The minimum absolute atomic E-state index is 0.394. The summed E-state index contributed by atoms with van der Waals surface area (Å²) in [5.41, 5.74) is 0.836. The van der Waals surface area contributed by atoms with Crippen LogP contribution in [0.3, 0.4) is 0 Å². The molecule has 0 bridgehead atoms. The van der Waals surface area contributed by atoms with Gasteiger partial charge in [-0.2, -0.15) is 0 Å². The molecular formula is C7H6ClN3. The molecule has 11 heavy (non-hydrogen) atoms. The molecule has 0 fully saturated rings. The third-order valence-electron chi connectivity index (χ3n) is 1.50. The summed E-state index contributed by atoms with van der Waals surface area (Å²) < 4.78 is 1.87. The molecule has 4 heteroatoms. The van der Waals surface area contributed by atoms with E-state index in [2.05, 4.69) is 10.2 Å². The van der Waals surface area contributed by atoms with Crippen LogP contribution in [-0.4, -0.2) is 14.6 Å². The molecular weight excluding hydrogens is 162 g/mol. The predicted octanol–water partition coefficient (Wildman–Crippen LogP) is 1.47. The number of rotatable bonds is 1. The molecule has 0 aromatic carbocycles. The van der Waals surface area contributed by atoms with Crippen LogP contribution < -0.4 is 0 Å². The van der Waals surface area contributed by atoms with Gasteiger partial charge in [0.15, 0.2) is 11.5 Å². The molecule has 0 atom stereocenters. The molecule has 0 radical (unpaired) electrons. The summed E-state index contributed by atoms with van der Waals surface area (Å²) in [7, 11) is 0. The fourth-order valence-corrected chi connectivity index (χ4v) is 1.16. The average Bonchev–Trinajstić information content (AvgIpc) is 2.47. The van der Waals surface area contributed by atoms with Gasteiger partial charge in [-0.3, -0.25) is 4.40 Å². The van der Waals surface area contributed by atoms with Crippen LogP contribution in [0, 0.1) is 0 Å². The molecule has 0 aliphatic carbocycles. The van der Waals surface area contributed by atoms with E-state index in [0.29, 0.717) is 5.88 Å². The van der Waals surface area contributed by atoms with Crippen LogP contribution >= 0.6 is 11.6 Å². The van der Waals surface area contributed by atoms with Gasteiger partial charge in [0.1, 0.15) is 0 Å². The molecule has 0 spiro atoms. The lowest BCUT2D eigenvalue weighted by molar-refractivity contribution is 0.986. The van der Waals surface area contributed by atoms with Gasteiger partial charge in [-0.05, 0) is 12.1 Å². The van der Waals surface area contributed by atoms with Gasteiger partial charge in [0, 0.05) is 6.20 Å². The molecule has 0 N–H and O–H groups in total. The summed E-state index contributed by atoms with van der Waals surface area (Å²) in [5, 5.41) is 7.81. The maximum atomic E-state index is 5.62. The maximum Gasteiger partial charge on any atom is 0.160 e. The molecule has 0 aliphatic rings. The van der Waals surface area contributed by atoms with Crippen molar-refractivity contribution in [2.24, 2.45) is 0 Å². The van der Waals surface area contributed by atoms with E-state index in [0.717, 1.165) is 11.5 Å². The van der Waals surface area contributed by atoms with Crippen LogP contribution in [0.15, 0.2) is 24.4 Å². The second kappa shape index (κ2) is 2.51. The Kier molecular flexibility index (Phi) is 1.51. The normalized spacial score (nSPS) is 10.6. The Labute approximate surface area is 68.6 Å². The van der Waals surface area contributed by atoms with E-state index >= 15 is 0 Å². The summed E-state index contributed by atoms with van der Waals surface area (Å²) in [6.07, 6.45) is 1.90. The smallest absolute Gasteiger partial charge is 0.160 e. The minimum Gasteiger partial charge on any atom is -0.285 e. The zero-order chi connectivity index (χ0) is 7.68. The molecule has 2 aromatic heterocycles. The van der Waals surface area contributed by atoms with Crippen molar-refractivity contribution in [3.63, 3.8) is 0 Å². The van der Waals surface area contributed by atoms with Crippen molar-refractivity contribution in [2.75, 3.05) is 0 Å². The molecule has 0 saturated carbocycles. The first-order chi connectivity index (χ1) is 5.42. The monoisotopic (exact) mass is 167 g/mol. The number of alkyl halides is 1. The third-order valence-corrected chi connectivity index (χ3v) is 1.74. The first-order valence-corrected chi connectivity index (χ1v) is 3.80. The Morgan fingerprint density at radius 2 is 2.27 bits per heavy atom. The maximum absolute atomic E-state index is 5.62. The van der Waals surface area contributed by atoms with E-state index in [-0.39, 0.29) is 0 Å². The zero-order valence-corrected chi connectivity index (χ0v) is 6.49. The second-order valence-electron chi connectivity index (χ2n) is 2.18. The van der Waals surface area contributed by atoms with Crippen LogP contribution in [0.5, 0.6) is 0 Å². The predicted molar refractivity (Wildman–Crippen MR) is 42.5 cm³/mol. The molecule has 2 heterocycles. The fraction of sp³-hybridized carbons (Fsp3) is 0.143. The number of fused-ring (bicyclic) bond motifs is 1. The van der Waals surface area contributed by atoms with Crippen LogP contribution in [0.1, 0.15) is 5.82 Å². The van der Waals surface area contributed by atoms with Crippen LogP contribution in [0.2, 0.25) is 0 Å². The van der Waals surface area contributed by atoms with Gasteiger partial charge in [-0.1, -0.05) is 6.07 Å². The summed E-state index contributed by atoms with van der Waals surface area (Å²) in [6.45, 7) is 0. The molecule has 2 aromatic rings. The molecule has 56 valence electrons. The average molecular weight is 168 g/mol. The molecule has 3 nitrogen and oxygen atoms in total. The standard InChI is InChI=1S/C7H6ClN3/c8-5-7-10-9-6-3-1-2-4-11(6)7/h1-4H,5H2. The van der Waals surface area contributed by atoms with Gasteiger partial charge in [0.25, 0.3) is 0 Å². The minimum atomic E-state index is 0.394. The third kappa shape index (κ3) is 0.973. The Morgan fingerprint density at radius 3 is 3.09 bits per heavy atom. The van der Waals surface area contributed by atoms with E-state index in [1.54, 1.807) is 0 Å². The van der Waals surface area contributed by atoms with E-state index in [4.69, 9.17) is 11.6 Å². The number of pyridine rings is 1. The summed E-state index contributed by atoms with van der Waals surface area (Å²) in [4.78, 5) is 0. The van der Waals surface area contributed by atoms with Crippen molar-refractivity contribution in [3.8, 4) is 0 Å². The summed E-state index contributed by atoms with van der Waals surface area (Å²) in [6, 6.07) is 5.73. The van der Waals surface area contributed by atoms with Gasteiger partial charge in [0.2, 0.25) is 0 Å². The zero-order valence-electron chi connectivity index (χ0n) is 5.74. The fourth-order valence-electron chi connectivity index (χ4n) is 0.982. The van der Waals surface area contributed by atoms with Crippen molar-refractivity contribution in [1.29, 1.82) is 0 Å². The molecule has 0 aliphatic heterocycles. The van der Waals surface area contributed by atoms with Gasteiger partial charge in [-0.25, -0.2) is 0 Å². The molecule has 0 saturated heterocycles. The van der Waals surface area contributed by atoms with Gasteiger partial charge in [0.05, 0.1) is 5.88 Å². The van der Waals surface area contributed by atoms with Gasteiger partial charge in [-0.15, -0.1) is 21.8 Å². The van der Waals surface area contributed by atoms with E-state index in [1.807, 2.05) is 28.8 Å². The topological polar surface area (TPSA) is 30.2 Å². The highest BCUT2D eigenvalue weighted by Crippen LogP contribution is 2.04. The van der Waals surface area contributed by atoms with Crippen molar-refractivity contribution in [1.82, 2.24) is 14.6 Å². The van der Waals surface area contributed by atoms with Crippen molar-refractivity contribution < 1.29 is 0 Å². The van der Waals surface area contributed by atoms with E-state index in [9.17, 15) is 0 Å². The first-order valence-electron chi connectivity index (χ1n) is 3.26. The van der Waals surface area contributed by atoms with Crippen molar-refractivity contribution >= 4 is 17.2 Å². The number of nitrogens with zero attached hydrogens (tertiary/aromatic N) is 3. The molecule has 0 unspecified atom stereocenters. The second-order valence-corrected chi connectivity index (χ2v) is 2.45. The van der Waals surface area contributed by atoms with Crippen LogP contribution in [0.4, 0.5) is 0 Å². The molecule has 0 amide bonds. The van der Waals surface area contributed by atoms with Crippen LogP contribution in [-0.2, 0) is 5.88 Å². The lowest BCUT2D eigenvalue weighted by Gasteiger charge is -1.91. The van der Waals surface area contributed by atoms with Crippen LogP contribution in [0.25, 0.3) is 5.65 Å². The van der Waals surface area contributed by atoms with E-state index < -0.39 is 0 Å². The van der Waals surface area contributed by atoms with Crippen molar-refractivity contribution in [3.05, 3.63) is 30.2 Å². The highest BCUT2D eigenvalue weighted by Gasteiger charge is 2.00. The quantitative estimate of drug-likeness (QED) is 0.602. The highest BCUT2D eigenvalue weighted by atomic mass is 35.5. The highest BCUT2D eigenvalue weighted by molar-refractivity contribution is 6.16. The lowest BCUT2D eigenvalue weighted by Crippen LogP contribution is -1.88. The lowest BCUT2D eigenvalue weighted by atomic mass is 10.5. The van der Waals surface area contributed by atoms with Crippen molar-refractivity contribution in [2.45, 2.75) is 5.88 Å². The first kappa shape index (κ1) is 6.61. The SMILES string of the molecule is ClCc1nnc2ccccn12. The number of hydrogen-bond donors (Lipinski definition) is 0. The van der Waals surface area contributed by atoms with E-state index in [1.165, 1.54) is 0 Å². The summed E-state index contributed by atoms with van der Waals surface area (Å²) in [5.74, 6) is 1.17. The Balaban J connectivity index is 2.76. The Morgan fingerprint density at radius 1 is 1.36 bits per heavy atom. The summed E-state index contributed by atoms with van der Waals surface area (Å²) >= 11 is 5.62. The Bertz CT molecular complexity index is 368. The number of aromatic nitrogens is 3.